The van der Waals surface area contributed by atoms with Gasteiger partial charge in [0, 0.05) is 12.4 Å². The molecular formula is C3H6NO5P-2. The van der Waals surface area contributed by atoms with E-state index in [1.165, 1.54) is 0 Å². The molecule has 0 aromatic heterocycles. The van der Waals surface area contributed by atoms with Gasteiger partial charge in [0.05, 0.1) is 5.78 Å². The number of carbonyl (C=O) groups excluding carboxylic acids is 1. The fourth-order valence-corrected chi connectivity index (χ4v) is 0.666. The molecule has 2 atom stereocenters. The van der Waals surface area contributed by atoms with Crippen molar-refractivity contribution in [3.05, 3.63) is 0 Å². The second-order valence-corrected chi connectivity index (χ2v) is 3.50. The first-order chi connectivity index (χ1) is 4.34. The van der Waals surface area contributed by atoms with E-state index in [-0.39, 0.29) is 0 Å². The zero-order valence-corrected chi connectivity index (χ0v) is 5.78. The van der Waals surface area contributed by atoms with E-state index in [0.29, 0.717) is 0 Å². The molecule has 0 saturated carbocycles. The molecule has 2 unspecified atom stereocenters. The summed E-state index contributed by atoms with van der Waals surface area (Å²) in [6.45, 7) is 0. The van der Waals surface area contributed by atoms with Crippen molar-refractivity contribution in [2.24, 2.45) is 5.73 Å². The van der Waals surface area contributed by atoms with E-state index in [2.05, 4.69) is 0 Å². The Hall–Kier alpha value is -0.420. The number of nitrogens with two attached hydrogens (primary N) is 1. The van der Waals surface area contributed by atoms with Crippen LogP contribution in [0.1, 0.15) is 6.42 Å². The summed E-state index contributed by atoms with van der Waals surface area (Å²) in [4.78, 5) is 27.8. The van der Waals surface area contributed by atoms with E-state index >= 15 is 0 Å². The van der Waals surface area contributed by atoms with Crippen LogP contribution in [0.15, 0.2) is 0 Å². The third-order valence-electron chi connectivity index (χ3n) is 0.795. The molecular weight excluding hydrogens is 161 g/mol. The lowest BCUT2D eigenvalue weighted by molar-refractivity contribution is -0.306. The minimum Gasteiger partial charge on any atom is -0.778 e. The minimum atomic E-state index is -4.70. The summed E-state index contributed by atoms with van der Waals surface area (Å²) < 4.78 is 10.0. The largest absolute Gasteiger partial charge is 0.778 e. The predicted octanol–water partition coefficient (Wildman–Crippen LogP) is -3.04. The second kappa shape index (κ2) is 3.12. The van der Waals surface area contributed by atoms with Crippen LogP contribution in [0.25, 0.3) is 0 Å². The zero-order chi connectivity index (χ0) is 8.36. The quantitative estimate of drug-likeness (QED) is 0.430. The first-order valence-corrected chi connectivity index (χ1v) is 3.97. The molecule has 0 heterocycles. The molecule has 0 rings (SSSR count). The molecule has 0 amide bonds. The van der Waals surface area contributed by atoms with Gasteiger partial charge < -0.3 is 30.0 Å². The maximum Gasteiger partial charge on any atom is 0.149 e. The Labute approximate surface area is 56.8 Å². The summed E-state index contributed by atoms with van der Waals surface area (Å²) in [7, 11) is -4.70. The van der Waals surface area contributed by atoms with E-state index < -0.39 is 25.8 Å². The number of rotatable bonds is 3. The van der Waals surface area contributed by atoms with Gasteiger partial charge in [-0.2, -0.15) is 0 Å². The Morgan fingerprint density at radius 1 is 1.80 bits per heavy atom. The number of carboxylic acid groups (broad SMARTS) is 1. The molecule has 0 aromatic rings. The molecule has 6 nitrogen and oxygen atoms in total. The Morgan fingerprint density at radius 3 is 2.30 bits per heavy atom. The monoisotopic (exact) mass is 167 g/mol. The topological polar surface area (TPSA) is 127 Å². The number of hydrogen-bond donors (Lipinski definition) is 2. The molecule has 0 fully saturated rings. The number of carbonyl (C=O) groups is 1. The molecule has 0 saturated heterocycles. The Kier molecular flexibility index (Phi) is 2.98. The highest BCUT2D eigenvalue weighted by atomic mass is 31.2. The van der Waals surface area contributed by atoms with Crippen molar-refractivity contribution in [2.75, 3.05) is 0 Å². The summed E-state index contributed by atoms with van der Waals surface area (Å²) in [5.74, 6) is -3.38. The van der Waals surface area contributed by atoms with Gasteiger partial charge in [0.25, 0.3) is 0 Å². The van der Waals surface area contributed by atoms with Crippen molar-refractivity contribution < 1.29 is 24.3 Å². The van der Waals surface area contributed by atoms with Crippen molar-refractivity contribution >= 4 is 13.6 Å². The van der Waals surface area contributed by atoms with E-state index in [0.717, 1.165) is 0 Å². The standard InChI is InChI=1S/C3H8NO5P/c4-2(1-3(5)6)10(7,8)9/h2H,1,4H2,(H,5,6)(H2,7,8,9)/p-2. The predicted molar refractivity (Wildman–Crippen MR) is 27.4 cm³/mol. The Bertz CT molecular complexity index is 174. The van der Waals surface area contributed by atoms with Gasteiger partial charge in [-0.05, 0) is 0 Å². The van der Waals surface area contributed by atoms with Crippen LogP contribution in [0.2, 0.25) is 0 Å². The van der Waals surface area contributed by atoms with Gasteiger partial charge >= 0.3 is 0 Å². The van der Waals surface area contributed by atoms with Crippen LogP contribution >= 0.6 is 7.60 Å². The van der Waals surface area contributed by atoms with Gasteiger partial charge in [-0.15, -0.1) is 0 Å². The van der Waals surface area contributed by atoms with Crippen LogP contribution in [-0.2, 0) is 9.36 Å². The van der Waals surface area contributed by atoms with E-state index in [1.807, 2.05) is 0 Å². The highest BCUT2D eigenvalue weighted by molar-refractivity contribution is 7.51. The van der Waals surface area contributed by atoms with Crippen LogP contribution in [0.5, 0.6) is 0 Å². The highest BCUT2D eigenvalue weighted by Gasteiger charge is 2.14. The maximum atomic E-state index is 10.0. The molecule has 0 spiro atoms. The van der Waals surface area contributed by atoms with Gasteiger partial charge in [0.2, 0.25) is 0 Å². The number of aliphatic carboxylic acids is 1. The number of carboxylic acids is 1. The van der Waals surface area contributed by atoms with Crippen LogP contribution in [0, 0.1) is 0 Å². The fourth-order valence-electron chi connectivity index (χ4n) is 0.286. The Balaban J connectivity index is 3.98. The molecule has 0 aromatic carbocycles. The van der Waals surface area contributed by atoms with Crippen LogP contribution < -0.4 is 15.7 Å². The van der Waals surface area contributed by atoms with Crippen molar-refractivity contribution in [1.82, 2.24) is 0 Å². The first kappa shape index (κ1) is 9.58. The van der Waals surface area contributed by atoms with Gasteiger partial charge in [0.15, 0.2) is 0 Å². The minimum absolute atomic E-state index is 0.892. The summed E-state index contributed by atoms with van der Waals surface area (Å²) >= 11 is 0. The van der Waals surface area contributed by atoms with Crippen molar-refractivity contribution in [3.8, 4) is 0 Å². The smallest absolute Gasteiger partial charge is 0.149 e. The molecule has 10 heavy (non-hydrogen) atoms. The van der Waals surface area contributed by atoms with Crippen molar-refractivity contribution in [3.63, 3.8) is 0 Å². The molecule has 7 heteroatoms. The third-order valence-corrected chi connectivity index (χ3v) is 1.82. The summed E-state index contributed by atoms with van der Waals surface area (Å²) in [6, 6.07) is 0. The van der Waals surface area contributed by atoms with Crippen molar-refractivity contribution in [1.29, 1.82) is 0 Å². The van der Waals surface area contributed by atoms with E-state index in [1.54, 1.807) is 0 Å². The lowest BCUT2D eigenvalue weighted by Gasteiger charge is -2.23. The Morgan fingerprint density at radius 2 is 2.20 bits per heavy atom. The van der Waals surface area contributed by atoms with E-state index in [9.17, 15) is 19.4 Å². The summed E-state index contributed by atoms with van der Waals surface area (Å²) in [6.07, 6.45) is -0.892. The highest BCUT2D eigenvalue weighted by Crippen LogP contribution is 2.34. The van der Waals surface area contributed by atoms with E-state index in [4.69, 9.17) is 10.6 Å². The summed E-state index contributed by atoms with van der Waals surface area (Å²) in [5.41, 5.74) is 4.71. The fraction of sp³-hybridized carbons (Fsp3) is 0.667. The first-order valence-electron chi connectivity index (χ1n) is 2.33. The number of hydrogen-bond acceptors (Lipinski definition) is 5. The molecule has 0 radical (unpaired) electrons. The zero-order valence-electron chi connectivity index (χ0n) is 4.89. The lowest BCUT2D eigenvalue weighted by atomic mass is 10.4. The van der Waals surface area contributed by atoms with Gasteiger partial charge in [-0.3, -0.25) is 0 Å². The summed E-state index contributed by atoms with van der Waals surface area (Å²) in [5, 5.41) is 9.69. The molecule has 0 aliphatic heterocycles. The molecule has 3 N–H and O–H groups in total. The van der Waals surface area contributed by atoms with Gasteiger partial charge in [0.1, 0.15) is 7.60 Å². The maximum absolute atomic E-state index is 10.0. The second-order valence-electron chi connectivity index (χ2n) is 1.71. The molecule has 0 aliphatic carbocycles. The lowest BCUT2D eigenvalue weighted by Crippen LogP contribution is -2.34. The SMILES string of the molecule is NC(CC(=O)[O-])P(=O)([O-])O. The normalized spacial score (nSPS) is 19.5. The van der Waals surface area contributed by atoms with Gasteiger partial charge in [-0.1, -0.05) is 0 Å². The average molecular weight is 167 g/mol. The third kappa shape index (κ3) is 3.58. The average Bonchev–Trinajstić information content (AvgIpc) is 1.60. The van der Waals surface area contributed by atoms with Crippen molar-refractivity contribution in [2.45, 2.75) is 12.2 Å². The van der Waals surface area contributed by atoms with Crippen LogP contribution in [0.3, 0.4) is 0 Å². The molecule has 0 bridgehead atoms. The molecule has 0 aliphatic rings. The van der Waals surface area contributed by atoms with Crippen LogP contribution in [0.4, 0.5) is 0 Å². The van der Waals surface area contributed by atoms with Gasteiger partial charge in [-0.25, -0.2) is 0 Å². The molecule has 60 valence electrons. The van der Waals surface area contributed by atoms with Crippen LogP contribution in [-0.4, -0.2) is 16.6 Å².